The van der Waals surface area contributed by atoms with E-state index in [0.29, 0.717) is 44.4 Å². The number of aliphatic hydroxyl groups is 1. The van der Waals surface area contributed by atoms with Crippen LogP contribution in [-0.2, 0) is 0 Å². The number of piperazine rings is 1. The van der Waals surface area contributed by atoms with Crippen LogP contribution < -0.4 is 10.2 Å². The van der Waals surface area contributed by atoms with Gasteiger partial charge in [-0.25, -0.2) is 24.9 Å². The molecule has 4 aromatic rings. The highest BCUT2D eigenvalue weighted by Gasteiger charge is 2.19. The molecule has 0 aliphatic carbocycles. The molecule has 12 heteroatoms. The molecule has 4 heterocycles. The summed E-state index contributed by atoms with van der Waals surface area (Å²) in [5.41, 5.74) is 1.23. The molecule has 1 aliphatic rings. The van der Waals surface area contributed by atoms with Gasteiger partial charge >= 0.3 is 0 Å². The van der Waals surface area contributed by atoms with Gasteiger partial charge < -0.3 is 15.3 Å². The van der Waals surface area contributed by atoms with Crippen LogP contribution >= 0.6 is 34.5 Å². The van der Waals surface area contributed by atoms with Gasteiger partial charge in [0.1, 0.15) is 34.0 Å². The van der Waals surface area contributed by atoms with Crippen molar-refractivity contribution in [1.29, 1.82) is 0 Å². The zero-order valence-electron chi connectivity index (χ0n) is 17.4. The van der Waals surface area contributed by atoms with Gasteiger partial charge in [-0.2, -0.15) is 0 Å². The molecule has 0 saturated carbocycles. The minimum atomic E-state index is 0.178. The molecular formula is C21H20Cl2N8OS. The third kappa shape index (κ3) is 4.71. The van der Waals surface area contributed by atoms with E-state index in [9.17, 15) is 0 Å². The van der Waals surface area contributed by atoms with E-state index in [-0.39, 0.29) is 6.61 Å². The first-order chi connectivity index (χ1) is 16.1. The molecule has 0 unspecified atom stereocenters. The van der Waals surface area contributed by atoms with Crippen LogP contribution in [0, 0.1) is 0 Å². The number of benzene rings is 1. The Bertz CT molecular complexity index is 1260. The largest absolute Gasteiger partial charge is 0.395 e. The molecule has 170 valence electrons. The van der Waals surface area contributed by atoms with E-state index in [1.807, 2.05) is 6.07 Å². The zero-order valence-corrected chi connectivity index (χ0v) is 19.8. The monoisotopic (exact) mass is 502 g/mol. The van der Waals surface area contributed by atoms with Crippen molar-refractivity contribution in [3.63, 3.8) is 0 Å². The smallest absolute Gasteiger partial charge is 0.176 e. The van der Waals surface area contributed by atoms with Gasteiger partial charge in [0.25, 0.3) is 0 Å². The fraction of sp³-hybridized carbons (Fsp3) is 0.286. The van der Waals surface area contributed by atoms with Gasteiger partial charge in [-0.3, -0.25) is 4.90 Å². The lowest BCUT2D eigenvalue weighted by Gasteiger charge is -2.35. The molecule has 0 spiro atoms. The maximum Gasteiger partial charge on any atom is 0.176 e. The lowest BCUT2D eigenvalue weighted by atomic mass is 10.2. The topological polar surface area (TPSA) is 103 Å². The van der Waals surface area contributed by atoms with E-state index >= 15 is 0 Å². The first kappa shape index (κ1) is 22.2. The molecule has 1 aromatic carbocycles. The highest BCUT2D eigenvalue weighted by atomic mass is 35.5. The second-order valence-electron chi connectivity index (χ2n) is 7.43. The highest BCUT2D eigenvalue weighted by molar-refractivity contribution is 7.22. The van der Waals surface area contributed by atoms with Crippen molar-refractivity contribution < 1.29 is 5.11 Å². The normalized spacial score (nSPS) is 14.7. The van der Waals surface area contributed by atoms with E-state index in [4.69, 9.17) is 28.3 Å². The summed E-state index contributed by atoms with van der Waals surface area (Å²) < 4.78 is 0.779. The molecule has 0 amide bonds. The third-order valence-electron chi connectivity index (χ3n) is 5.38. The van der Waals surface area contributed by atoms with Crippen molar-refractivity contribution in [2.75, 3.05) is 49.5 Å². The predicted octanol–water partition coefficient (Wildman–Crippen LogP) is 3.71. The fourth-order valence-corrected chi connectivity index (χ4v) is 5.43. The van der Waals surface area contributed by atoms with Crippen molar-refractivity contribution in [3.8, 4) is 10.6 Å². The Kier molecular flexibility index (Phi) is 6.52. The zero-order chi connectivity index (χ0) is 22.8. The summed E-state index contributed by atoms with van der Waals surface area (Å²) in [4.78, 5) is 26.6. The van der Waals surface area contributed by atoms with E-state index < -0.39 is 0 Å². The number of hydrogen-bond donors (Lipinski definition) is 2. The maximum absolute atomic E-state index is 9.14. The molecule has 1 saturated heterocycles. The number of anilines is 3. The number of β-amino-alcohol motifs (C(OH)–C–C–N with tert-alkyl or cyclic N) is 1. The van der Waals surface area contributed by atoms with Gasteiger partial charge in [0.2, 0.25) is 0 Å². The predicted molar refractivity (Wildman–Crippen MR) is 132 cm³/mol. The summed E-state index contributed by atoms with van der Waals surface area (Å²) in [7, 11) is 0. The van der Waals surface area contributed by atoms with E-state index in [0.717, 1.165) is 36.7 Å². The first-order valence-electron chi connectivity index (χ1n) is 10.4. The highest BCUT2D eigenvalue weighted by Crippen LogP contribution is 2.40. The molecule has 5 rings (SSSR count). The molecule has 2 N–H and O–H groups in total. The maximum atomic E-state index is 9.14. The van der Waals surface area contributed by atoms with Crippen LogP contribution in [0.25, 0.3) is 20.9 Å². The number of fused-ring (bicyclic) bond motifs is 1. The number of hydrogen-bond acceptors (Lipinski definition) is 10. The number of aromatic nitrogens is 5. The molecule has 9 nitrogen and oxygen atoms in total. The Labute approximate surface area is 204 Å². The molecule has 0 atom stereocenters. The average molecular weight is 503 g/mol. The third-order valence-corrected chi connectivity index (χ3v) is 7.08. The molecule has 0 radical (unpaired) electrons. The molecule has 0 bridgehead atoms. The Balaban J connectivity index is 1.40. The minimum Gasteiger partial charge on any atom is -0.395 e. The van der Waals surface area contributed by atoms with Crippen molar-refractivity contribution in [2.24, 2.45) is 0 Å². The van der Waals surface area contributed by atoms with Crippen LogP contribution in [0.3, 0.4) is 0 Å². The van der Waals surface area contributed by atoms with E-state index in [1.165, 1.54) is 24.0 Å². The number of halogens is 2. The van der Waals surface area contributed by atoms with Crippen molar-refractivity contribution >= 4 is 62.3 Å². The van der Waals surface area contributed by atoms with Crippen LogP contribution in [-0.4, -0.2) is 74.3 Å². The quantitative estimate of drug-likeness (QED) is 0.408. The number of nitrogens with zero attached hydrogens (tertiary/aromatic N) is 7. The average Bonchev–Trinajstić information content (AvgIpc) is 3.25. The first-order valence-corrected chi connectivity index (χ1v) is 11.9. The van der Waals surface area contributed by atoms with Crippen molar-refractivity contribution in [2.45, 2.75) is 0 Å². The Hall–Kier alpha value is -2.63. The Morgan fingerprint density at radius 1 is 1.00 bits per heavy atom. The fourth-order valence-electron chi connectivity index (χ4n) is 3.70. The van der Waals surface area contributed by atoms with Gasteiger partial charge in [-0.15, -0.1) is 11.3 Å². The second-order valence-corrected chi connectivity index (χ2v) is 9.24. The minimum absolute atomic E-state index is 0.178. The van der Waals surface area contributed by atoms with Gasteiger partial charge in [0, 0.05) is 44.4 Å². The lowest BCUT2D eigenvalue weighted by molar-refractivity contribution is 0.188. The van der Waals surface area contributed by atoms with Crippen LogP contribution in [0.5, 0.6) is 0 Å². The SMILES string of the molecule is OCCN1CCN(c2cc(Nc3ncnc4nc(-c5c(Cl)cccc5Cl)sc34)ncn2)CC1. The number of rotatable bonds is 6. The number of nitrogens with one attached hydrogen (secondary N) is 1. The summed E-state index contributed by atoms with van der Waals surface area (Å²) in [6.07, 6.45) is 3.00. The van der Waals surface area contributed by atoms with Crippen LogP contribution in [0.2, 0.25) is 10.0 Å². The molecule has 1 aliphatic heterocycles. The standard InChI is InChI=1S/C21H20Cl2N8OS/c22-13-2-1-3-14(23)17(13)21-29-20-18(33-21)19(26-12-27-20)28-15-10-16(25-11-24-15)31-6-4-30(5-7-31)8-9-32/h1-3,10-12,32H,4-9H2,(H,24,25,26,27,28). The summed E-state index contributed by atoms with van der Waals surface area (Å²) in [6, 6.07) is 7.27. The van der Waals surface area contributed by atoms with Crippen LogP contribution in [0.1, 0.15) is 0 Å². The van der Waals surface area contributed by atoms with Gasteiger partial charge in [0.15, 0.2) is 11.5 Å². The Morgan fingerprint density at radius 3 is 2.52 bits per heavy atom. The molecule has 3 aromatic heterocycles. The van der Waals surface area contributed by atoms with Gasteiger partial charge in [-0.1, -0.05) is 29.3 Å². The van der Waals surface area contributed by atoms with Crippen molar-refractivity contribution in [3.05, 3.63) is 47.0 Å². The number of aliphatic hydroxyl groups excluding tert-OH is 1. The van der Waals surface area contributed by atoms with E-state index in [2.05, 4.69) is 40.0 Å². The van der Waals surface area contributed by atoms with Crippen molar-refractivity contribution in [1.82, 2.24) is 29.8 Å². The second kappa shape index (κ2) is 9.70. The van der Waals surface area contributed by atoms with Crippen LogP contribution in [0.15, 0.2) is 36.9 Å². The summed E-state index contributed by atoms with van der Waals surface area (Å²) in [5, 5.41) is 14.2. The molecule has 33 heavy (non-hydrogen) atoms. The van der Waals surface area contributed by atoms with Gasteiger partial charge in [0.05, 0.1) is 16.7 Å². The van der Waals surface area contributed by atoms with E-state index in [1.54, 1.807) is 18.2 Å². The summed E-state index contributed by atoms with van der Waals surface area (Å²) in [5.74, 6) is 2.07. The molecule has 1 fully saturated rings. The summed E-state index contributed by atoms with van der Waals surface area (Å²) in [6.45, 7) is 4.32. The number of thiazole rings is 1. The Morgan fingerprint density at radius 2 is 1.76 bits per heavy atom. The summed E-state index contributed by atoms with van der Waals surface area (Å²) >= 11 is 14.2. The van der Waals surface area contributed by atoms with Gasteiger partial charge in [-0.05, 0) is 12.1 Å². The van der Waals surface area contributed by atoms with Crippen LogP contribution in [0.4, 0.5) is 17.5 Å². The molecular weight excluding hydrogens is 483 g/mol. The lowest BCUT2D eigenvalue weighted by Crippen LogP contribution is -2.47.